The van der Waals surface area contributed by atoms with Gasteiger partial charge < -0.3 is 5.32 Å². The molecule has 7 heteroatoms. The van der Waals surface area contributed by atoms with Crippen LogP contribution in [0.15, 0.2) is 15.9 Å². The number of nitrogens with one attached hydrogen (secondary N) is 2. The minimum absolute atomic E-state index is 0.189. The van der Waals surface area contributed by atoms with Crippen LogP contribution in [0.4, 0.5) is 0 Å². The van der Waals surface area contributed by atoms with Crippen LogP contribution in [0, 0.1) is 0 Å². The standard InChI is InChI=1S/C10H11BrN4OS/c1-2-8-13-9(15-14-8)10(16)12-5-7-6(11)3-4-17-7/h3-4H,2,5H2,1H3,(H,12,16)(H,13,14,15). The summed E-state index contributed by atoms with van der Waals surface area (Å²) in [5.41, 5.74) is 0. The number of carbonyl (C=O) groups is 1. The van der Waals surface area contributed by atoms with Crippen molar-refractivity contribution < 1.29 is 4.79 Å². The molecule has 5 nitrogen and oxygen atoms in total. The topological polar surface area (TPSA) is 70.7 Å². The molecule has 0 fully saturated rings. The molecule has 90 valence electrons. The number of rotatable bonds is 4. The number of hydrogen-bond acceptors (Lipinski definition) is 4. The van der Waals surface area contributed by atoms with Gasteiger partial charge in [-0.05, 0) is 27.4 Å². The highest BCUT2D eigenvalue weighted by atomic mass is 79.9. The predicted octanol–water partition coefficient (Wildman–Crippen LogP) is 2.12. The highest BCUT2D eigenvalue weighted by Crippen LogP contribution is 2.22. The first-order valence-electron chi connectivity index (χ1n) is 5.12. The van der Waals surface area contributed by atoms with Gasteiger partial charge in [0.1, 0.15) is 5.82 Å². The number of thiophene rings is 1. The Bertz CT molecular complexity index is 522. The Morgan fingerprint density at radius 3 is 3.06 bits per heavy atom. The van der Waals surface area contributed by atoms with E-state index in [1.165, 1.54) is 0 Å². The Balaban J connectivity index is 1.95. The number of aromatic amines is 1. The molecule has 17 heavy (non-hydrogen) atoms. The van der Waals surface area contributed by atoms with E-state index in [0.717, 1.165) is 15.8 Å². The summed E-state index contributed by atoms with van der Waals surface area (Å²) in [5.74, 6) is 0.642. The minimum atomic E-state index is -0.263. The lowest BCUT2D eigenvalue weighted by molar-refractivity contribution is 0.0941. The molecule has 2 aromatic rings. The highest BCUT2D eigenvalue weighted by molar-refractivity contribution is 9.10. The third kappa shape index (κ3) is 2.92. The SMILES string of the molecule is CCc1nc(C(=O)NCc2sccc2Br)n[nH]1. The fourth-order valence-corrected chi connectivity index (χ4v) is 2.68. The molecule has 1 amide bonds. The Kier molecular flexibility index (Phi) is 3.90. The van der Waals surface area contributed by atoms with Gasteiger partial charge in [-0.15, -0.1) is 16.4 Å². The molecule has 0 radical (unpaired) electrons. The van der Waals surface area contributed by atoms with E-state index in [2.05, 4.69) is 36.4 Å². The van der Waals surface area contributed by atoms with Gasteiger partial charge >= 0.3 is 0 Å². The van der Waals surface area contributed by atoms with E-state index in [9.17, 15) is 4.79 Å². The summed E-state index contributed by atoms with van der Waals surface area (Å²) < 4.78 is 1.01. The molecule has 0 aliphatic rings. The number of amides is 1. The molecule has 0 spiro atoms. The summed E-state index contributed by atoms with van der Waals surface area (Å²) in [4.78, 5) is 16.9. The zero-order chi connectivity index (χ0) is 12.3. The molecule has 0 aliphatic carbocycles. The maximum Gasteiger partial charge on any atom is 0.291 e. The zero-order valence-corrected chi connectivity index (χ0v) is 11.6. The number of halogens is 1. The summed E-state index contributed by atoms with van der Waals surface area (Å²) >= 11 is 5.00. The number of nitrogens with zero attached hydrogens (tertiary/aromatic N) is 2. The Labute approximate surface area is 111 Å². The van der Waals surface area contributed by atoms with Crippen molar-refractivity contribution >= 4 is 33.2 Å². The Hall–Kier alpha value is -1.21. The Morgan fingerprint density at radius 2 is 2.47 bits per heavy atom. The number of aryl methyl sites for hydroxylation is 1. The van der Waals surface area contributed by atoms with Crippen molar-refractivity contribution in [3.63, 3.8) is 0 Å². The third-order valence-electron chi connectivity index (χ3n) is 2.17. The fraction of sp³-hybridized carbons (Fsp3) is 0.300. The van der Waals surface area contributed by atoms with Gasteiger partial charge in [0.15, 0.2) is 0 Å². The zero-order valence-electron chi connectivity index (χ0n) is 9.16. The van der Waals surface area contributed by atoms with Gasteiger partial charge in [-0.3, -0.25) is 9.89 Å². The molecule has 0 saturated heterocycles. The van der Waals surface area contributed by atoms with Crippen LogP contribution in [0.3, 0.4) is 0 Å². The quantitative estimate of drug-likeness (QED) is 0.908. The number of H-pyrrole nitrogens is 1. The average Bonchev–Trinajstić information content (AvgIpc) is 2.94. The first-order chi connectivity index (χ1) is 8.20. The van der Waals surface area contributed by atoms with Crippen LogP contribution in [0.25, 0.3) is 0 Å². The van der Waals surface area contributed by atoms with E-state index in [1.54, 1.807) is 11.3 Å². The van der Waals surface area contributed by atoms with E-state index in [4.69, 9.17) is 0 Å². The van der Waals surface area contributed by atoms with Crippen LogP contribution in [-0.2, 0) is 13.0 Å². The lowest BCUT2D eigenvalue weighted by Gasteiger charge is -2.00. The Morgan fingerprint density at radius 1 is 1.65 bits per heavy atom. The van der Waals surface area contributed by atoms with Crippen molar-refractivity contribution in [2.45, 2.75) is 19.9 Å². The van der Waals surface area contributed by atoms with Gasteiger partial charge in [0.2, 0.25) is 5.82 Å². The molecule has 2 aromatic heterocycles. The first-order valence-corrected chi connectivity index (χ1v) is 6.79. The summed E-state index contributed by atoms with van der Waals surface area (Å²) in [5, 5.41) is 11.3. The van der Waals surface area contributed by atoms with Crippen LogP contribution >= 0.6 is 27.3 Å². The monoisotopic (exact) mass is 314 g/mol. The second kappa shape index (κ2) is 5.42. The highest BCUT2D eigenvalue weighted by Gasteiger charge is 2.12. The maximum absolute atomic E-state index is 11.7. The number of carbonyl (C=O) groups excluding carboxylic acids is 1. The number of hydrogen-bond donors (Lipinski definition) is 2. The minimum Gasteiger partial charge on any atom is -0.344 e. The fourth-order valence-electron chi connectivity index (χ4n) is 1.25. The van der Waals surface area contributed by atoms with Crippen molar-refractivity contribution in [1.82, 2.24) is 20.5 Å². The van der Waals surface area contributed by atoms with Crippen LogP contribution in [0.5, 0.6) is 0 Å². The van der Waals surface area contributed by atoms with Crippen LogP contribution < -0.4 is 5.32 Å². The van der Waals surface area contributed by atoms with Crippen molar-refractivity contribution in [2.75, 3.05) is 0 Å². The van der Waals surface area contributed by atoms with Gasteiger partial charge in [-0.25, -0.2) is 4.98 Å². The van der Waals surface area contributed by atoms with Crippen molar-refractivity contribution in [3.8, 4) is 0 Å². The van der Waals surface area contributed by atoms with E-state index >= 15 is 0 Å². The lowest BCUT2D eigenvalue weighted by atomic mass is 10.4. The molecule has 0 aliphatic heterocycles. The van der Waals surface area contributed by atoms with Gasteiger partial charge in [-0.1, -0.05) is 6.92 Å². The van der Waals surface area contributed by atoms with E-state index in [-0.39, 0.29) is 11.7 Å². The van der Waals surface area contributed by atoms with Crippen LogP contribution in [0.1, 0.15) is 28.2 Å². The second-order valence-electron chi connectivity index (χ2n) is 3.33. The van der Waals surface area contributed by atoms with Crippen molar-refractivity contribution in [3.05, 3.63) is 32.4 Å². The normalized spacial score (nSPS) is 10.5. The molecule has 2 heterocycles. The van der Waals surface area contributed by atoms with E-state index in [1.807, 2.05) is 18.4 Å². The molecule has 0 bridgehead atoms. The molecule has 0 unspecified atom stereocenters. The summed E-state index contributed by atoms with van der Waals surface area (Å²) in [7, 11) is 0. The summed E-state index contributed by atoms with van der Waals surface area (Å²) in [6, 6.07) is 1.95. The van der Waals surface area contributed by atoms with Crippen molar-refractivity contribution in [2.24, 2.45) is 0 Å². The molecular weight excluding hydrogens is 304 g/mol. The van der Waals surface area contributed by atoms with Gasteiger partial charge in [0, 0.05) is 15.8 Å². The van der Waals surface area contributed by atoms with Gasteiger partial charge in [-0.2, -0.15) is 0 Å². The van der Waals surface area contributed by atoms with E-state index < -0.39 is 0 Å². The van der Waals surface area contributed by atoms with Gasteiger partial charge in [0.25, 0.3) is 5.91 Å². The molecule has 2 N–H and O–H groups in total. The summed E-state index contributed by atoms with van der Waals surface area (Å²) in [6.45, 7) is 2.43. The van der Waals surface area contributed by atoms with Crippen LogP contribution in [-0.4, -0.2) is 21.1 Å². The molecule has 0 atom stereocenters. The van der Waals surface area contributed by atoms with Gasteiger partial charge in [0.05, 0.1) is 6.54 Å². The van der Waals surface area contributed by atoms with Crippen LogP contribution in [0.2, 0.25) is 0 Å². The first kappa shape index (κ1) is 12.3. The van der Waals surface area contributed by atoms with E-state index in [0.29, 0.717) is 12.4 Å². The van der Waals surface area contributed by atoms with Crippen molar-refractivity contribution in [1.29, 1.82) is 0 Å². The lowest BCUT2D eigenvalue weighted by Crippen LogP contribution is -2.23. The summed E-state index contributed by atoms with van der Waals surface area (Å²) in [6.07, 6.45) is 0.733. The molecule has 0 saturated carbocycles. The average molecular weight is 315 g/mol. The maximum atomic E-state index is 11.7. The predicted molar refractivity (Wildman–Crippen MR) is 68.9 cm³/mol. The molecule has 0 aromatic carbocycles. The smallest absolute Gasteiger partial charge is 0.291 e. The second-order valence-corrected chi connectivity index (χ2v) is 5.19. The molecule has 2 rings (SSSR count). The largest absolute Gasteiger partial charge is 0.344 e. The third-order valence-corrected chi connectivity index (χ3v) is 4.10. The number of aromatic nitrogens is 3. The molecular formula is C10H11BrN4OS.